The number of aromatic hydroxyl groups is 1. The van der Waals surface area contributed by atoms with Gasteiger partial charge in [0, 0.05) is 30.8 Å². The van der Waals surface area contributed by atoms with Crippen molar-refractivity contribution in [1.29, 1.82) is 0 Å². The van der Waals surface area contributed by atoms with Crippen LogP contribution < -0.4 is 9.03 Å². The summed E-state index contributed by atoms with van der Waals surface area (Å²) in [6.07, 6.45) is -1.10. The zero-order chi connectivity index (χ0) is 18.8. The first-order valence-corrected chi connectivity index (χ1v) is 9.60. The lowest BCUT2D eigenvalue weighted by Gasteiger charge is -2.21. The van der Waals surface area contributed by atoms with E-state index in [2.05, 4.69) is 11.3 Å². The molecule has 1 aromatic rings. The van der Waals surface area contributed by atoms with E-state index in [9.17, 15) is 22.5 Å². The summed E-state index contributed by atoms with van der Waals surface area (Å²) in [4.78, 5) is 2.02. The van der Waals surface area contributed by atoms with Gasteiger partial charge in [0.1, 0.15) is 11.4 Å². The van der Waals surface area contributed by atoms with Crippen molar-refractivity contribution in [2.24, 2.45) is 5.92 Å². The molecule has 2 atom stereocenters. The van der Waals surface area contributed by atoms with E-state index in [0.717, 1.165) is 13.0 Å². The number of nitrogens with zero attached hydrogens (tertiary/aromatic N) is 2. The molecule has 2 heterocycles. The van der Waals surface area contributed by atoms with Crippen molar-refractivity contribution in [1.82, 2.24) is 9.62 Å². The second-order valence-corrected chi connectivity index (χ2v) is 7.90. The number of anilines is 1. The Bertz CT molecular complexity index is 717. The van der Waals surface area contributed by atoms with Gasteiger partial charge in [-0.3, -0.25) is 13.9 Å². The monoisotopic (exact) mass is 389 g/mol. The quantitative estimate of drug-likeness (QED) is 0.787. The molecule has 2 aliphatic rings. The van der Waals surface area contributed by atoms with Gasteiger partial charge in [0.05, 0.1) is 6.54 Å². The third kappa shape index (κ3) is 4.15. The van der Waals surface area contributed by atoms with Crippen molar-refractivity contribution >= 4 is 16.9 Å². The maximum atomic E-state index is 15.0. The number of nitrogens with one attached hydrogen (secondary N) is 1. The lowest BCUT2D eigenvalue weighted by Crippen LogP contribution is -2.25. The van der Waals surface area contributed by atoms with Gasteiger partial charge >= 0.3 is 0 Å². The molecule has 3 rings (SSSR count). The molecule has 2 unspecified atom stereocenters. The minimum atomic E-state index is -2.29. The first-order valence-electron chi connectivity index (χ1n) is 8.50. The van der Waals surface area contributed by atoms with E-state index in [1.807, 2.05) is 4.90 Å². The van der Waals surface area contributed by atoms with Gasteiger partial charge < -0.3 is 5.11 Å². The summed E-state index contributed by atoms with van der Waals surface area (Å²) in [5.41, 5.74) is 0.746. The molecule has 2 N–H and O–H groups in total. The summed E-state index contributed by atoms with van der Waals surface area (Å²) < 4.78 is 55.5. The van der Waals surface area contributed by atoms with E-state index in [1.54, 1.807) is 0 Å². The van der Waals surface area contributed by atoms with Crippen LogP contribution in [-0.2, 0) is 17.7 Å². The van der Waals surface area contributed by atoms with Gasteiger partial charge in [0.2, 0.25) is 17.6 Å². The number of phenols is 1. The second kappa shape index (κ2) is 7.87. The van der Waals surface area contributed by atoms with Crippen molar-refractivity contribution < 1.29 is 22.5 Å². The summed E-state index contributed by atoms with van der Waals surface area (Å²) >= 11 is -1.69. The molecular formula is C17H22F3N3O2S. The van der Waals surface area contributed by atoms with Crippen LogP contribution >= 0.6 is 0 Å². The largest absolute Gasteiger partial charge is 0.506 e. The number of benzene rings is 1. The molecule has 0 radical (unpaired) electrons. The Morgan fingerprint density at radius 1 is 1.42 bits per heavy atom. The normalized spacial score (nSPS) is 23.8. The summed E-state index contributed by atoms with van der Waals surface area (Å²) in [6, 6.07) is 2.89. The van der Waals surface area contributed by atoms with Crippen molar-refractivity contribution in [3.8, 4) is 5.75 Å². The highest BCUT2D eigenvalue weighted by molar-refractivity contribution is 7.85. The van der Waals surface area contributed by atoms with Crippen molar-refractivity contribution in [2.75, 3.05) is 23.9 Å². The molecular weight excluding hydrogens is 367 g/mol. The van der Waals surface area contributed by atoms with Crippen LogP contribution in [-0.4, -0.2) is 40.3 Å². The zero-order valence-electron chi connectivity index (χ0n) is 14.3. The van der Waals surface area contributed by atoms with E-state index in [1.165, 1.54) is 16.4 Å². The Balaban J connectivity index is 1.71. The Morgan fingerprint density at radius 2 is 2.19 bits per heavy atom. The highest BCUT2D eigenvalue weighted by Gasteiger charge is 2.30. The number of hydrogen-bond acceptors (Lipinski definition) is 3. The maximum Gasteiger partial charge on any atom is 0.238 e. The number of alkyl halides is 2. The number of hydrogen-bond donors (Lipinski definition) is 2. The summed E-state index contributed by atoms with van der Waals surface area (Å²) in [6.45, 7) is 5.50. The SMILES string of the molecule is C=C1CN(c2c(O)ccc(CN3CCC(CCC(F)F)C3)c2F)S(=O)N1. The highest BCUT2D eigenvalue weighted by Crippen LogP contribution is 2.36. The smallest absolute Gasteiger partial charge is 0.238 e. The predicted molar refractivity (Wildman–Crippen MR) is 94.5 cm³/mol. The van der Waals surface area contributed by atoms with E-state index >= 15 is 0 Å². The van der Waals surface area contributed by atoms with Gasteiger partial charge in [0.25, 0.3) is 0 Å². The highest BCUT2D eigenvalue weighted by atomic mass is 32.2. The van der Waals surface area contributed by atoms with Gasteiger partial charge in [-0.2, -0.15) is 0 Å². The average molecular weight is 389 g/mol. The molecule has 9 heteroatoms. The fourth-order valence-electron chi connectivity index (χ4n) is 3.45. The van der Waals surface area contributed by atoms with Gasteiger partial charge in [-0.05, 0) is 31.4 Å². The summed E-state index contributed by atoms with van der Waals surface area (Å²) in [5.74, 6) is -0.708. The summed E-state index contributed by atoms with van der Waals surface area (Å²) in [7, 11) is 0. The average Bonchev–Trinajstić information content (AvgIpc) is 3.15. The van der Waals surface area contributed by atoms with E-state index in [0.29, 0.717) is 30.8 Å². The van der Waals surface area contributed by atoms with Crippen LogP contribution in [0.2, 0.25) is 0 Å². The third-order valence-electron chi connectivity index (χ3n) is 4.75. The predicted octanol–water partition coefficient (Wildman–Crippen LogP) is 2.90. The molecule has 0 spiro atoms. The molecule has 0 saturated carbocycles. The molecule has 5 nitrogen and oxygen atoms in total. The lowest BCUT2D eigenvalue weighted by atomic mass is 10.0. The maximum absolute atomic E-state index is 15.0. The Hall–Kier alpha value is -1.74. The Labute approximate surface area is 153 Å². The fraction of sp³-hybridized carbons (Fsp3) is 0.529. The van der Waals surface area contributed by atoms with Crippen LogP contribution in [0.15, 0.2) is 24.4 Å². The molecule has 1 aromatic carbocycles. The second-order valence-electron chi connectivity index (χ2n) is 6.76. The molecule has 0 amide bonds. The topological polar surface area (TPSA) is 55.8 Å². The zero-order valence-corrected chi connectivity index (χ0v) is 15.1. The van der Waals surface area contributed by atoms with E-state index in [4.69, 9.17) is 0 Å². The van der Waals surface area contributed by atoms with E-state index < -0.39 is 23.4 Å². The number of halogens is 3. The van der Waals surface area contributed by atoms with Crippen LogP contribution in [0, 0.1) is 11.7 Å². The number of rotatable bonds is 6. The first-order chi connectivity index (χ1) is 12.3. The molecule has 26 heavy (non-hydrogen) atoms. The van der Waals surface area contributed by atoms with Gasteiger partial charge in [-0.15, -0.1) is 0 Å². The number of likely N-dealkylation sites (tertiary alicyclic amines) is 1. The molecule has 0 bridgehead atoms. The molecule has 2 aliphatic heterocycles. The molecule has 2 saturated heterocycles. The Morgan fingerprint density at radius 3 is 2.85 bits per heavy atom. The van der Waals surface area contributed by atoms with Gasteiger partial charge in [0.15, 0.2) is 5.82 Å². The van der Waals surface area contributed by atoms with Gasteiger partial charge in [-0.25, -0.2) is 17.4 Å². The standard InChI is InChI=1S/C17H22F3N3O2S/c1-11-8-23(26(25)21-11)17-14(24)4-3-13(16(17)20)10-22-7-6-12(9-22)2-5-15(18)19/h3-4,12,15,21,24H,1-2,5-10H2. The van der Waals surface area contributed by atoms with Crippen molar-refractivity contribution in [2.45, 2.75) is 32.2 Å². The first kappa shape index (κ1) is 19.0. The fourth-order valence-corrected chi connectivity index (χ4v) is 4.49. The van der Waals surface area contributed by atoms with Crippen LogP contribution in [0.4, 0.5) is 18.9 Å². The summed E-state index contributed by atoms with van der Waals surface area (Å²) in [5, 5.41) is 10.0. The lowest BCUT2D eigenvalue weighted by molar-refractivity contribution is 0.127. The molecule has 0 aromatic heterocycles. The number of phenolic OH excluding ortho intramolecular Hbond substituents is 1. The van der Waals surface area contributed by atoms with E-state index in [-0.39, 0.29) is 30.3 Å². The van der Waals surface area contributed by atoms with Crippen LogP contribution in [0.3, 0.4) is 0 Å². The molecule has 0 aliphatic carbocycles. The Kier molecular flexibility index (Phi) is 5.76. The van der Waals surface area contributed by atoms with Crippen LogP contribution in [0.5, 0.6) is 5.75 Å². The minimum absolute atomic E-state index is 0.103. The molecule has 144 valence electrons. The molecule has 2 fully saturated rings. The van der Waals surface area contributed by atoms with Crippen molar-refractivity contribution in [3.63, 3.8) is 0 Å². The minimum Gasteiger partial charge on any atom is -0.506 e. The van der Waals surface area contributed by atoms with Crippen LogP contribution in [0.1, 0.15) is 24.8 Å². The third-order valence-corrected chi connectivity index (χ3v) is 5.92. The van der Waals surface area contributed by atoms with Crippen LogP contribution in [0.25, 0.3) is 0 Å². The van der Waals surface area contributed by atoms with Crippen molar-refractivity contribution in [3.05, 3.63) is 35.8 Å². The van der Waals surface area contributed by atoms with Gasteiger partial charge in [-0.1, -0.05) is 12.6 Å².